The number of carbonyl (C=O) groups is 1. The SMILES string of the molecule is CN(C)/C(N)=N/C(N)=NC(=O)C(N)CS. The van der Waals surface area contributed by atoms with E-state index in [0.29, 0.717) is 0 Å². The second-order valence-corrected chi connectivity index (χ2v) is 3.33. The third-order valence-electron chi connectivity index (χ3n) is 1.43. The van der Waals surface area contributed by atoms with Gasteiger partial charge in [0.25, 0.3) is 5.91 Å². The number of hydrogen-bond acceptors (Lipinski definition) is 3. The molecule has 8 heteroatoms. The predicted octanol–water partition coefficient (Wildman–Crippen LogP) is -2.04. The number of nitrogens with two attached hydrogens (primary N) is 3. The predicted molar refractivity (Wildman–Crippen MR) is 63.8 cm³/mol. The molecule has 15 heavy (non-hydrogen) atoms. The summed E-state index contributed by atoms with van der Waals surface area (Å²) in [6, 6.07) is -0.775. The van der Waals surface area contributed by atoms with E-state index in [4.69, 9.17) is 17.2 Å². The highest BCUT2D eigenvalue weighted by atomic mass is 32.1. The van der Waals surface area contributed by atoms with Crippen LogP contribution in [0.3, 0.4) is 0 Å². The highest BCUT2D eigenvalue weighted by Gasteiger charge is 2.10. The molecule has 0 aliphatic heterocycles. The molecule has 1 atom stereocenters. The topological polar surface area (TPSA) is 123 Å². The minimum Gasteiger partial charge on any atom is -0.369 e. The molecule has 0 fully saturated rings. The fourth-order valence-electron chi connectivity index (χ4n) is 0.516. The van der Waals surface area contributed by atoms with Gasteiger partial charge in [-0.05, 0) is 0 Å². The Morgan fingerprint density at radius 1 is 1.40 bits per heavy atom. The lowest BCUT2D eigenvalue weighted by molar-refractivity contribution is -0.118. The molecule has 0 aromatic rings. The lowest BCUT2D eigenvalue weighted by Gasteiger charge is -2.09. The van der Waals surface area contributed by atoms with Crippen LogP contribution in [0.15, 0.2) is 9.98 Å². The summed E-state index contributed by atoms with van der Waals surface area (Å²) < 4.78 is 0. The van der Waals surface area contributed by atoms with Gasteiger partial charge in [-0.15, -0.1) is 0 Å². The first-order chi connectivity index (χ1) is 6.88. The van der Waals surface area contributed by atoms with Gasteiger partial charge in [0.1, 0.15) is 0 Å². The molecular formula is C7H16N6OS. The van der Waals surface area contributed by atoms with Crippen LogP contribution in [0.5, 0.6) is 0 Å². The van der Waals surface area contributed by atoms with Gasteiger partial charge in [-0.2, -0.15) is 22.6 Å². The zero-order valence-electron chi connectivity index (χ0n) is 8.71. The Kier molecular flexibility index (Phi) is 5.72. The third kappa shape index (κ3) is 5.23. The molecule has 1 amide bonds. The Balaban J connectivity index is 4.58. The summed E-state index contributed by atoms with van der Waals surface area (Å²) in [7, 11) is 3.38. The van der Waals surface area contributed by atoms with Gasteiger partial charge in [-0.25, -0.2) is 0 Å². The van der Waals surface area contributed by atoms with Crippen molar-refractivity contribution in [2.24, 2.45) is 27.2 Å². The lowest BCUT2D eigenvalue weighted by atomic mass is 10.3. The second-order valence-electron chi connectivity index (χ2n) is 2.96. The number of aliphatic imine (C=N–C) groups is 2. The highest BCUT2D eigenvalue weighted by Crippen LogP contribution is 1.88. The highest BCUT2D eigenvalue weighted by molar-refractivity contribution is 7.80. The monoisotopic (exact) mass is 232 g/mol. The number of thiol groups is 1. The summed E-state index contributed by atoms with van der Waals surface area (Å²) in [5.41, 5.74) is 16.2. The van der Waals surface area contributed by atoms with E-state index in [-0.39, 0.29) is 17.7 Å². The van der Waals surface area contributed by atoms with Crippen LogP contribution in [0.2, 0.25) is 0 Å². The molecule has 0 radical (unpaired) electrons. The van der Waals surface area contributed by atoms with Crippen LogP contribution in [0.4, 0.5) is 0 Å². The van der Waals surface area contributed by atoms with Crippen LogP contribution in [-0.2, 0) is 4.79 Å². The van der Waals surface area contributed by atoms with Gasteiger partial charge < -0.3 is 22.1 Å². The van der Waals surface area contributed by atoms with E-state index < -0.39 is 11.9 Å². The number of guanidine groups is 2. The van der Waals surface area contributed by atoms with Crippen LogP contribution in [0.25, 0.3) is 0 Å². The maximum atomic E-state index is 11.2. The molecule has 1 unspecified atom stereocenters. The molecule has 6 N–H and O–H groups in total. The Morgan fingerprint density at radius 3 is 2.33 bits per heavy atom. The van der Waals surface area contributed by atoms with Crippen molar-refractivity contribution in [1.29, 1.82) is 0 Å². The Morgan fingerprint density at radius 2 is 1.93 bits per heavy atom. The average molecular weight is 232 g/mol. The second kappa shape index (κ2) is 6.25. The smallest absolute Gasteiger partial charge is 0.266 e. The van der Waals surface area contributed by atoms with E-state index >= 15 is 0 Å². The first-order valence-electron chi connectivity index (χ1n) is 4.14. The fourth-order valence-corrected chi connectivity index (χ4v) is 0.672. The molecule has 0 heterocycles. The molecule has 0 bridgehead atoms. The minimum absolute atomic E-state index is 0.156. The van der Waals surface area contributed by atoms with Crippen molar-refractivity contribution in [2.75, 3.05) is 19.8 Å². The van der Waals surface area contributed by atoms with Crippen molar-refractivity contribution in [3.8, 4) is 0 Å². The normalized spacial score (nSPS) is 14.9. The molecule has 0 aliphatic rings. The Hall–Kier alpha value is -1.28. The number of amides is 1. The van der Waals surface area contributed by atoms with E-state index in [9.17, 15) is 4.79 Å². The minimum atomic E-state index is -0.775. The summed E-state index contributed by atoms with van der Waals surface area (Å²) in [4.78, 5) is 19.8. The van der Waals surface area contributed by atoms with Crippen molar-refractivity contribution in [3.63, 3.8) is 0 Å². The van der Waals surface area contributed by atoms with Crippen LogP contribution in [0.1, 0.15) is 0 Å². The Bertz CT molecular complexity index is 287. The third-order valence-corrected chi connectivity index (χ3v) is 1.82. The van der Waals surface area contributed by atoms with Crippen LogP contribution in [0, 0.1) is 0 Å². The molecule has 0 saturated carbocycles. The van der Waals surface area contributed by atoms with E-state index in [1.807, 2.05) is 0 Å². The molecule has 0 aromatic carbocycles. The maximum Gasteiger partial charge on any atom is 0.266 e. The molecule has 0 rings (SSSR count). The molecule has 7 nitrogen and oxygen atoms in total. The number of hydrogen-bond donors (Lipinski definition) is 4. The number of rotatable bonds is 2. The summed E-state index contributed by atoms with van der Waals surface area (Å²) in [6.45, 7) is 0. The van der Waals surface area contributed by atoms with E-state index in [1.165, 1.54) is 4.90 Å². The van der Waals surface area contributed by atoms with Crippen molar-refractivity contribution in [3.05, 3.63) is 0 Å². The van der Waals surface area contributed by atoms with Crippen molar-refractivity contribution < 1.29 is 4.79 Å². The van der Waals surface area contributed by atoms with Gasteiger partial charge in [0, 0.05) is 19.8 Å². The first kappa shape index (κ1) is 13.7. The van der Waals surface area contributed by atoms with Gasteiger partial charge in [0.05, 0.1) is 6.04 Å². The fraction of sp³-hybridized carbons (Fsp3) is 0.571. The van der Waals surface area contributed by atoms with Gasteiger partial charge in [-0.3, -0.25) is 4.79 Å². The van der Waals surface area contributed by atoms with Gasteiger partial charge in [-0.1, -0.05) is 0 Å². The Labute approximate surface area is 93.8 Å². The molecule has 0 aromatic heterocycles. The number of nitrogens with zero attached hydrogens (tertiary/aromatic N) is 3. The quantitative estimate of drug-likeness (QED) is 0.248. The number of carbonyl (C=O) groups excluding carboxylic acids is 1. The largest absolute Gasteiger partial charge is 0.369 e. The summed E-state index contributed by atoms with van der Waals surface area (Å²) in [5.74, 6) is -0.438. The van der Waals surface area contributed by atoms with E-state index in [0.717, 1.165) is 0 Å². The van der Waals surface area contributed by atoms with Gasteiger partial charge in [0.2, 0.25) is 5.96 Å². The lowest BCUT2D eigenvalue weighted by Crippen LogP contribution is -2.34. The average Bonchev–Trinajstić information content (AvgIpc) is 2.15. The summed E-state index contributed by atoms with van der Waals surface area (Å²) in [6.07, 6.45) is 0. The van der Waals surface area contributed by atoms with E-state index in [1.54, 1.807) is 14.1 Å². The zero-order valence-corrected chi connectivity index (χ0v) is 9.61. The molecule has 86 valence electrons. The van der Waals surface area contributed by atoms with Gasteiger partial charge in [0.15, 0.2) is 5.96 Å². The molecule has 0 aliphatic carbocycles. The summed E-state index contributed by atoms with van der Waals surface area (Å²) in [5, 5.41) is 0. The van der Waals surface area contributed by atoms with Crippen molar-refractivity contribution in [1.82, 2.24) is 4.90 Å². The summed E-state index contributed by atoms with van der Waals surface area (Å²) >= 11 is 3.86. The van der Waals surface area contributed by atoms with Crippen molar-refractivity contribution >= 4 is 30.5 Å². The van der Waals surface area contributed by atoms with E-state index in [2.05, 4.69) is 22.6 Å². The van der Waals surface area contributed by atoms with Crippen LogP contribution in [-0.4, -0.2) is 48.6 Å². The van der Waals surface area contributed by atoms with Crippen LogP contribution < -0.4 is 17.2 Å². The molecule has 0 saturated heterocycles. The van der Waals surface area contributed by atoms with Crippen LogP contribution >= 0.6 is 12.6 Å². The van der Waals surface area contributed by atoms with Crippen molar-refractivity contribution in [2.45, 2.75) is 6.04 Å². The maximum absolute atomic E-state index is 11.2. The zero-order chi connectivity index (χ0) is 12.0. The van der Waals surface area contributed by atoms with Gasteiger partial charge >= 0.3 is 0 Å². The molecule has 0 spiro atoms. The standard InChI is InChI=1S/C7H16N6OS/c1-13(2)7(10)12-6(9)11-5(14)4(8)3-15/h4,15H,3,8H2,1-2H3,(H4,9,10,11,12,14). The molecular weight excluding hydrogens is 216 g/mol. The first-order valence-corrected chi connectivity index (χ1v) is 4.77.